The van der Waals surface area contributed by atoms with Crippen LogP contribution < -0.4 is 5.32 Å². The zero-order chi connectivity index (χ0) is 18.7. The van der Waals surface area contributed by atoms with Crippen molar-refractivity contribution >= 4 is 40.6 Å². The molecule has 0 fully saturated rings. The van der Waals surface area contributed by atoms with Gasteiger partial charge in [0.25, 0.3) is 0 Å². The number of rotatable bonds is 3. The van der Waals surface area contributed by atoms with Crippen molar-refractivity contribution in [3.05, 3.63) is 28.5 Å². The number of carbonyl (C=O) groups excluding carboxylic acids is 1. The minimum atomic E-state index is -1.55. The summed E-state index contributed by atoms with van der Waals surface area (Å²) in [6, 6.07) is 2.73. The highest BCUT2D eigenvalue weighted by atomic mass is 35.5. The molecule has 1 unspecified atom stereocenters. The van der Waals surface area contributed by atoms with Gasteiger partial charge in [-0.2, -0.15) is 4.40 Å². The Bertz CT molecular complexity index is 679. The fourth-order valence-corrected chi connectivity index (χ4v) is 2.17. The predicted octanol–water partition coefficient (Wildman–Crippen LogP) is 4.71. The Morgan fingerprint density at radius 1 is 1.29 bits per heavy atom. The lowest BCUT2D eigenvalue weighted by atomic mass is 10.2. The number of halogens is 2. The number of carbonyl (C=O) groups is 1. The second-order valence-electron chi connectivity index (χ2n) is 7.05. The molecule has 1 amide bonds. The van der Waals surface area contributed by atoms with Crippen molar-refractivity contribution < 1.29 is 18.1 Å². The van der Waals surface area contributed by atoms with Crippen LogP contribution in [0.5, 0.6) is 0 Å². The van der Waals surface area contributed by atoms with E-state index >= 15 is 0 Å². The van der Waals surface area contributed by atoms with E-state index in [-0.39, 0.29) is 16.3 Å². The molecule has 0 heterocycles. The van der Waals surface area contributed by atoms with Crippen LogP contribution in [-0.4, -0.2) is 26.9 Å². The van der Waals surface area contributed by atoms with Crippen LogP contribution in [0.2, 0.25) is 5.02 Å². The highest BCUT2D eigenvalue weighted by Gasteiger charge is 2.21. The molecule has 1 N–H and O–H groups in total. The summed E-state index contributed by atoms with van der Waals surface area (Å²) >= 11 is 5.97. The third-order valence-electron chi connectivity index (χ3n) is 2.56. The first-order chi connectivity index (χ1) is 10.8. The van der Waals surface area contributed by atoms with Gasteiger partial charge < -0.3 is 4.74 Å². The van der Waals surface area contributed by atoms with E-state index in [2.05, 4.69) is 9.71 Å². The number of hydrogen-bond acceptors (Lipinski definition) is 3. The molecule has 0 aliphatic heterocycles. The van der Waals surface area contributed by atoms with Crippen molar-refractivity contribution in [1.82, 2.24) is 0 Å². The van der Waals surface area contributed by atoms with E-state index in [1.807, 2.05) is 0 Å². The van der Waals surface area contributed by atoms with Crippen molar-refractivity contribution in [2.24, 2.45) is 4.40 Å². The first kappa shape index (κ1) is 20.6. The van der Waals surface area contributed by atoms with Crippen molar-refractivity contribution in [2.75, 3.05) is 5.32 Å². The fraction of sp³-hybridized carbons (Fsp3) is 0.500. The molecule has 1 aromatic rings. The fourth-order valence-electron chi connectivity index (χ4n) is 1.46. The number of hydrogen-bond donors (Lipinski definition) is 1. The van der Waals surface area contributed by atoms with E-state index in [4.69, 9.17) is 16.3 Å². The van der Waals surface area contributed by atoms with Crippen LogP contribution in [0.1, 0.15) is 47.1 Å². The summed E-state index contributed by atoms with van der Waals surface area (Å²) in [6.07, 6.45) is 0.323. The van der Waals surface area contributed by atoms with Crippen LogP contribution >= 0.6 is 11.6 Å². The van der Waals surface area contributed by atoms with Gasteiger partial charge in [-0.1, -0.05) is 11.6 Å². The first-order valence-electron chi connectivity index (χ1n) is 7.25. The lowest BCUT2D eigenvalue weighted by Crippen LogP contribution is -2.27. The summed E-state index contributed by atoms with van der Waals surface area (Å²) in [5.74, 6) is -0.775. The van der Waals surface area contributed by atoms with Gasteiger partial charge in [-0.3, -0.25) is 5.32 Å². The molecule has 0 bridgehead atoms. The molecular weight excluding hydrogens is 355 g/mol. The first-order valence-corrected chi connectivity index (χ1v) is 8.74. The number of amides is 1. The Labute approximate surface area is 149 Å². The smallest absolute Gasteiger partial charge is 0.412 e. The standard InChI is InChI=1S/C16H22ClFN2O3S/c1-15(2,3)23-14(21)20-12-8-7-11(17)10(13(12)18)9-19-24(22)16(4,5)6/h7-9H,1-6H3,(H,20,21). The number of nitrogens with one attached hydrogen (secondary N) is 1. The summed E-state index contributed by atoms with van der Waals surface area (Å²) in [5, 5.41) is 2.41. The molecule has 0 aromatic heterocycles. The number of anilines is 1. The molecule has 0 saturated carbocycles. The number of ether oxygens (including phenoxy) is 1. The maximum absolute atomic E-state index is 14.5. The van der Waals surface area contributed by atoms with Gasteiger partial charge in [-0.25, -0.2) is 13.4 Å². The lowest BCUT2D eigenvalue weighted by molar-refractivity contribution is 0.0635. The second-order valence-corrected chi connectivity index (χ2v) is 9.39. The number of nitrogens with zero attached hydrogens (tertiary/aromatic N) is 1. The third kappa shape index (κ3) is 6.20. The van der Waals surface area contributed by atoms with Gasteiger partial charge in [-0.05, 0) is 53.7 Å². The van der Waals surface area contributed by atoms with Gasteiger partial charge in [0.05, 0.1) is 21.0 Å². The van der Waals surface area contributed by atoms with E-state index in [0.717, 1.165) is 6.21 Å². The van der Waals surface area contributed by atoms with Crippen LogP contribution in [0.15, 0.2) is 16.5 Å². The number of benzene rings is 1. The second kappa shape index (κ2) is 7.61. The Morgan fingerprint density at radius 2 is 1.88 bits per heavy atom. The monoisotopic (exact) mass is 376 g/mol. The highest BCUT2D eigenvalue weighted by Crippen LogP contribution is 2.25. The quantitative estimate of drug-likeness (QED) is 0.777. The van der Waals surface area contributed by atoms with E-state index in [1.165, 1.54) is 12.1 Å². The molecule has 1 rings (SSSR count). The Morgan fingerprint density at radius 3 is 2.38 bits per heavy atom. The molecule has 0 saturated heterocycles. The third-order valence-corrected chi connectivity index (χ3v) is 4.24. The van der Waals surface area contributed by atoms with Crippen molar-refractivity contribution in [1.29, 1.82) is 0 Å². The van der Waals surface area contributed by atoms with Gasteiger partial charge in [0, 0.05) is 6.21 Å². The van der Waals surface area contributed by atoms with Gasteiger partial charge in [-0.15, -0.1) is 0 Å². The van der Waals surface area contributed by atoms with Crippen LogP contribution in [0.3, 0.4) is 0 Å². The Hall–Kier alpha value is -1.47. The largest absolute Gasteiger partial charge is 0.444 e. The zero-order valence-electron chi connectivity index (χ0n) is 14.6. The average molecular weight is 377 g/mol. The van der Waals surface area contributed by atoms with Crippen LogP contribution in [0.25, 0.3) is 0 Å². The molecule has 8 heteroatoms. The normalized spacial score (nSPS) is 13.8. The van der Waals surface area contributed by atoms with E-state index < -0.39 is 33.2 Å². The van der Waals surface area contributed by atoms with Crippen molar-refractivity contribution in [3.63, 3.8) is 0 Å². The summed E-state index contributed by atoms with van der Waals surface area (Å²) in [4.78, 5) is 11.8. The van der Waals surface area contributed by atoms with E-state index in [1.54, 1.807) is 41.5 Å². The average Bonchev–Trinajstić information content (AvgIpc) is 2.38. The summed E-state index contributed by atoms with van der Waals surface area (Å²) in [7, 11) is -1.55. The van der Waals surface area contributed by atoms with Gasteiger partial charge in [0.2, 0.25) is 0 Å². The molecule has 1 atom stereocenters. The molecule has 1 aromatic carbocycles. The van der Waals surface area contributed by atoms with Crippen molar-refractivity contribution in [3.8, 4) is 0 Å². The summed E-state index contributed by atoms with van der Waals surface area (Å²) in [5.41, 5.74) is -0.861. The molecule has 134 valence electrons. The maximum atomic E-state index is 14.5. The SMILES string of the molecule is CC(C)(C)OC(=O)Nc1ccc(Cl)c(C=NS(=O)C(C)(C)C)c1F. The minimum Gasteiger partial charge on any atom is -0.444 e. The highest BCUT2D eigenvalue weighted by molar-refractivity contribution is 7.85. The van der Waals surface area contributed by atoms with E-state index in [9.17, 15) is 13.4 Å². The molecule has 24 heavy (non-hydrogen) atoms. The van der Waals surface area contributed by atoms with Gasteiger partial charge in [0.1, 0.15) is 16.6 Å². The summed E-state index contributed by atoms with van der Waals surface area (Å²) < 4.78 is 34.8. The molecule has 0 aliphatic rings. The van der Waals surface area contributed by atoms with Crippen LogP contribution in [0.4, 0.5) is 14.9 Å². The van der Waals surface area contributed by atoms with Crippen LogP contribution in [-0.2, 0) is 15.7 Å². The van der Waals surface area contributed by atoms with Crippen LogP contribution in [0, 0.1) is 5.82 Å². The van der Waals surface area contributed by atoms with Gasteiger partial charge >= 0.3 is 6.09 Å². The van der Waals surface area contributed by atoms with E-state index in [0.29, 0.717) is 0 Å². The maximum Gasteiger partial charge on any atom is 0.412 e. The molecule has 5 nitrogen and oxygen atoms in total. The Kier molecular flexibility index (Phi) is 6.52. The lowest BCUT2D eigenvalue weighted by Gasteiger charge is -2.20. The molecule has 0 radical (unpaired) electrons. The molecule has 0 aliphatic carbocycles. The molecule has 0 spiro atoms. The van der Waals surface area contributed by atoms with Crippen molar-refractivity contribution in [2.45, 2.75) is 51.9 Å². The zero-order valence-corrected chi connectivity index (χ0v) is 16.1. The Balaban J connectivity index is 3.06. The minimum absolute atomic E-state index is 0.0529. The topological polar surface area (TPSA) is 67.8 Å². The summed E-state index contributed by atoms with van der Waals surface area (Å²) in [6.45, 7) is 10.3. The van der Waals surface area contributed by atoms with Gasteiger partial charge in [0.15, 0.2) is 5.82 Å². The predicted molar refractivity (Wildman–Crippen MR) is 96.8 cm³/mol. The molecular formula is C16H22ClFN2O3S.